The molecule has 1 aliphatic heterocycles. The van der Waals surface area contributed by atoms with Crippen molar-refractivity contribution in [1.29, 1.82) is 0 Å². The van der Waals surface area contributed by atoms with E-state index in [1.807, 2.05) is 12.1 Å². The second kappa shape index (κ2) is 7.40. The monoisotopic (exact) mass is 363 g/mol. The van der Waals surface area contributed by atoms with Crippen LogP contribution in [0, 0.1) is 0 Å². The van der Waals surface area contributed by atoms with Crippen LogP contribution < -0.4 is 15.4 Å². The van der Waals surface area contributed by atoms with Crippen molar-refractivity contribution >= 4 is 22.7 Å². The number of fused-ring (bicyclic) bond motifs is 1. The minimum Gasteiger partial charge on any atom is -0.497 e. The molecule has 27 heavy (non-hydrogen) atoms. The van der Waals surface area contributed by atoms with Gasteiger partial charge in [-0.05, 0) is 42.8 Å². The summed E-state index contributed by atoms with van der Waals surface area (Å²) in [7, 11) is 3.83. The number of hydrogen-bond acceptors (Lipinski definition) is 6. The lowest BCUT2D eigenvalue weighted by Crippen LogP contribution is -2.45. The van der Waals surface area contributed by atoms with Crippen molar-refractivity contribution in [1.82, 2.24) is 14.9 Å². The number of ether oxygens (including phenoxy) is 1. The quantitative estimate of drug-likeness (QED) is 0.768. The predicted octanol–water partition coefficient (Wildman–Crippen LogP) is 2.56. The van der Waals surface area contributed by atoms with Crippen molar-refractivity contribution in [2.24, 2.45) is 0 Å². The molecule has 140 valence electrons. The number of nitrogens with zero attached hydrogens (tertiary/aromatic N) is 4. The lowest BCUT2D eigenvalue weighted by Gasteiger charge is -2.33. The second-order valence-corrected chi connectivity index (χ2v) is 7.03. The molecule has 6 nitrogen and oxygen atoms in total. The first-order valence-corrected chi connectivity index (χ1v) is 9.25. The molecule has 0 spiro atoms. The summed E-state index contributed by atoms with van der Waals surface area (Å²) in [6, 6.07) is 14.4. The summed E-state index contributed by atoms with van der Waals surface area (Å²) in [5, 5.41) is 1.07. The summed E-state index contributed by atoms with van der Waals surface area (Å²) >= 11 is 0. The van der Waals surface area contributed by atoms with Gasteiger partial charge >= 0.3 is 0 Å². The number of para-hydroxylation sites is 1. The Balaban J connectivity index is 1.71. The lowest BCUT2D eigenvalue weighted by atomic mass is 10.0. The Hall–Kier alpha value is -2.86. The zero-order valence-electron chi connectivity index (χ0n) is 15.9. The minimum absolute atomic E-state index is 0.332. The number of nitrogen functional groups attached to an aromatic ring is 1. The molecular formula is C21H25N5O. The highest BCUT2D eigenvalue weighted by atomic mass is 16.5. The van der Waals surface area contributed by atoms with Crippen molar-refractivity contribution in [2.45, 2.75) is 6.42 Å². The Bertz CT molecular complexity index is 933. The maximum Gasteiger partial charge on any atom is 0.222 e. The van der Waals surface area contributed by atoms with E-state index in [0.29, 0.717) is 5.95 Å². The van der Waals surface area contributed by atoms with Crippen LogP contribution >= 0.6 is 0 Å². The molecule has 0 amide bonds. The van der Waals surface area contributed by atoms with Gasteiger partial charge in [-0.25, -0.2) is 4.98 Å². The van der Waals surface area contributed by atoms with Crippen LogP contribution in [0.4, 0.5) is 11.8 Å². The number of benzene rings is 2. The third-order valence-corrected chi connectivity index (χ3v) is 5.16. The van der Waals surface area contributed by atoms with Crippen LogP contribution in [0.15, 0.2) is 42.5 Å². The molecule has 0 bridgehead atoms. The number of nitrogens with two attached hydrogens (primary N) is 1. The Morgan fingerprint density at radius 1 is 1.00 bits per heavy atom. The normalized spacial score (nSPS) is 15.3. The summed E-state index contributed by atoms with van der Waals surface area (Å²) in [6.07, 6.45) is 0.792. The van der Waals surface area contributed by atoms with E-state index in [0.717, 1.165) is 60.6 Å². The molecule has 0 radical (unpaired) electrons. The largest absolute Gasteiger partial charge is 0.497 e. The van der Waals surface area contributed by atoms with E-state index in [4.69, 9.17) is 10.5 Å². The van der Waals surface area contributed by atoms with Crippen molar-refractivity contribution in [3.8, 4) is 5.75 Å². The van der Waals surface area contributed by atoms with E-state index in [1.165, 1.54) is 5.56 Å². The number of rotatable bonds is 4. The number of piperazine rings is 1. The number of likely N-dealkylation sites (N-methyl/N-ethyl adjacent to an activating group) is 1. The summed E-state index contributed by atoms with van der Waals surface area (Å²) in [5.41, 5.74) is 9.39. The molecule has 0 atom stereocenters. The average Bonchev–Trinajstić information content (AvgIpc) is 2.69. The summed E-state index contributed by atoms with van der Waals surface area (Å²) in [4.78, 5) is 13.8. The molecule has 1 aromatic heterocycles. The van der Waals surface area contributed by atoms with Crippen molar-refractivity contribution in [2.75, 3.05) is 51.0 Å². The highest BCUT2D eigenvalue weighted by Crippen LogP contribution is 2.29. The third-order valence-electron chi connectivity index (χ3n) is 5.16. The predicted molar refractivity (Wildman–Crippen MR) is 109 cm³/mol. The maximum atomic E-state index is 6.08. The van der Waals surface area contributed by atoms with E-state index in [-0.39, 0.29) is 0 Å². The van der Waals surface area contributed by atoms with Gasteiger partial charge in [-0.2, -0.15) is 4.98 Å². The van der Waals surface area contributed by atoms with Crippen LogP contribution in [0.1, 0.15) is 11.1 Å². The number of aromatic nitrogens is 2. The van der Waals surface area contributed by atoms with E-state index in [1.54, 1.807) is 7.11 Å². The Labute approximate surface area is 159 Å². The summed E-state index contributed by atoms with van der Waals surface area (Å²) < 4.78 is 5.25. The van der Waals surface area contributed by atoms with Gasteiger partial charge in [-0.15, -0.1) is 0 Å². The van der Waals surface area contributed by atoms with Crippen LogP contribution in [-0.2, 0) is 6.42 Å². The third kappa shape index (κ3) is 3.66. The van der Waals surface area contributed by atoms with Crippen molar-refractivity contribution in [3.05, 3.63) is 53.6 Å². The van der Waals surface area contributed by atoms with Gasteiger partial charge in [0.15, 0.2) is 0 Å². The Morgan fingerprint density at radius 3 is 2.44 bits per heavy atom. The average molecular weight is 363 g/mol. The summed E-state index contributed by atoms with van der Waals surface area (Å²) in [6.45, 7) is 3.95. The highest BCUT2D eigenvalue weighted by molar-refractivity contribution is 5.92. The van der Waals surface area contributed by atoms with Crippen LogP contribution in [0.5, 0.6) is 5.75 Å². The van der Waals surface area contributed by atoms with Crippen LogP contribution in [-0.4, -0.2) is 55.2 Å². The molecule has 2 heterocycles. The van der Waals surface area contributed by atoms with Gasteiger partial charge in [0.1, 0.15) is 11.6 Å². The van der Waals surface area contributed by atoms with E-state index < -0.39 is 0 Å². The summed E-state index contributed by atoms with van der Waals surface area (Å²) in [5.74, 6) is 2.14. The molecule has 0 saturated carbocycles. The van der Waals surface area contributed by atoms with Gasteiger partial charge in [-0.1, -0.05) is 24.3 Å². The first-order valence-electron chi connectivity index (χ1n) is 9.25. The molecule has 0 aliphatic carbocycles. The first-order chi connectivity index (χ1) is 13.1. The zero-order chi connectivity index (χ0) is 18.8. The molecule has 1 aliphatic rings. The minimum atomic E-state index is 0.332. The van der Waals surface area contributed by atoms with E-state index >= 15 is 0 Å². The van der Waals surface area contributed by atoms with Gasteiger partial charge in [0.2, 0.25) is 5.95 Å². The second-order valence-electron chi connectivity index (χ2n) is 7.03. The van der Waals surface area contributed by atoms with E-state index in [9.17, 15) is 0 Å². The van der Waals surface area contributed by atoms with Crippen LogP contribution in [0.25, 0.3) is 10.9 Å². The number of anilines is 2. The fourth-order valence-corrected chi connectivity index (χ4v) is 3.58. The molecule has 3 aromatic rings. The number of methoxy groups -OCH3 is 1. The molecule has 2 aromatic carbocycles. The molecular weight excluding hydrogens is 338 g/mol. The molecule has 4 rings (SSSR count). The standard InChI is InChI=1S/C21H25N5O/c1-25-10-12-26(13-11-25)20-18-5-3-4-16(19(18)23-21(22)24-20)14-15-6-8-17(27-2)9-7-15/h3-9H,10-14H2,1-2H3,(H2,22,23,24). The molecule has 2 N–H and O–H groups in total. The fraction of sp³-hybridized carbons (Fsp3) is 0.333. The SMILES string of the molecule is COc1ccc(Cc2cccc3c(N4CCN(C)CC4)nc(N)nc23)cc1. The Kier molecular flexibility index (Phi) is 4.81. The fourth-order valence-electron chi connectivity index (χ4n) is 3.58. The molecule has 1 saturated heterocycles. The lowest BCUT2D eigenvalue weighted by molar-refractivity contribution is 0.312. The van der Waals surface area contributed by atoms with Gasteiger partial charge in [0, 0.05) is 31.6 Å². The van der Waals surface area contributed by atoms with Gasteiger partial charge in [0.05, 0.1) is 12.6 Å². The highest BCUT2D eigenvalue weighted by Gasteiger charge is 2.19. The zero-order valence-corrected chi connectivity index (χ0v) is 15.9. The van der Waals surface area contributed by atoms with Crippen molar-refractivity contribution in [3.63, 3.8) is 0 Å². The van der Waals surface area contributed by atoms with Crippen LogP contribution in [0.3, 0.4) is 0 Å². The van der Waals surface area contributed by atoms with Gasteiger partial charge in [-0.3, -0.25) is 0 Å². The molecule has 6 heteroatoms. The topological polar surface area (TPSA) is 67.5 Å². The van der Waals surface area contributed by atoms with Crippen molar-refractivity contribution < 1.29 is 4.74 Å². The van der Waals surface area contributed by atoms with Gasteiger partial charge in [0.25, 0.3) is 0 Å². The maximum absolute atomic E-state index is 6.08. The van der Waals surface area contributed by atoms with Gasteiger partial charge < -0.3 is 20.3 Å². The number of hydrogen-bond donors (Lipinski definition) is 1. The Morgan fingerprint density at radius 2 is 1.74 bits per heavy atom. The van der Waals surface area contributed by atoms with Crippen LogP contribution in [0.2, 0.25) is 0 Å². The van der Waals surface area contributed by atoms with E-state index in [2.05, 4.69) is 57.1 Å². The smallest absolute Gasteiger partial charge is 0.222 e. The molecule has 1 fully saturated rings. The molecule has 0 unspecified atom stereocenters. The first kappa shape index (κ1) is 17.5.